The summed E-state index contributed by atoms with van der Waals surface area (Å²) in [4.78, 5) is 24.8. The number of amides is 1. The molecule has 2 heterocycles. The van der Waals surface area contributed by atoms with Gasteiger partial charge < -0.3 is 4.98 Å². The van der Waals surface area contributed by atoms with Gasteiger partial charge >= 0.3 is 0 Å². The van der Waals surface area contributed by atoms with Crippen molar-refractivity contribution in [2.45, 2.75) is 0 Å². The topological polar surface area (TPSA) is 88.5 Å². The van der Waals surface area contributed by atoms with Crippen LogP contribution in [0.4, 0.5) is 5.95 Å². The Balaban J connectivity index is 1.53. The number of imidazole rings is 1. The molecule has 7 heteroatoms. The van der Waals surface area contributed by atoms with Crippen molar-refractivity contribution in [3.05, 3.63) is 90.8 Å². The Kier molecular flexibility index (Phi) is 4.10. The highest BCUT2D eigenvalue weighted by molar-refractivity contribution is 6.01. The molecule has 29 heavy (non-hydrogen) atoms. The zero-order valence-corrected chi connectivity index (χ0v) is 15.3. The van der Waals surface area contributed by atoms with Crippen LogP contribution < -0.4 is 5.32 Å². The zero-order chi connectivity index (χ0) is 19.6. The number of aromatic amines is 1. The van der Waals surface area contributed by atoms with E-state index in [0.29, 0.717) is 11.8 Å². The van der Waals surface area contributed by atoms with Crippen molar-refractivity contribution >= 4 is 22.9 Å². The molecule has 140 valence electrons. The summed E-state index contributed by atoms with van der Waals surface area (Å²) in [5.41, 5.74) is 3.30. The van der Waals surface area contributed by atoms with E-state index < -0.39 is 5.91 Å². The maximum Gasteiger partial charge on any atom is 0.297 e. The smallest absolute Gasteiger partial charge is 0.297 e. The Morgan fingerprint density at radius 3 is 2.28 bits per heavy atom. The number of hydrogen-bond donors (Lipinski definition) is 2. The summed E-state index contributed by atoms with van der Waals surface area (Å²) in [6.07, 6.45) is 0. The molecule has 1 amide bonds. The minimum Gasteiger partial charge on any atom is -0.324 e. The Labute approximate surface area is 166 Å². The Hall–Kier alpha value is -4.26. The lowest BCUT2D eigenvalue weighted by molar-refractivity contribution is 0.101. The zero-order valence-electron chi connectivity index (χ0n) is 15.3. The number of benzene rings is 3. The fourth-order valence-corrected chi connectivity index (χ4v) is 3.11. The summed E-state index contributed by atoms with van der Waals surface area (Å²) >= 11 is 0. The first-order valence-electron chi connectivity index (χ1n) is 9.12. The number of H-pyrrole nitrogens is 1. The molecule has 3 aromatic carbocycles. The molecule has 7 nitrogen and oxygen atoms in total. The van der Waals surface area contributed by atoms with Crippen LogP contribution in [0.15, 0.2) is 84.9 Å². The van der Waals surface area contributed by atoms with Crippen LogP contribution in [0.25, 0.3) is 28.1 Å². The fourth-order valence-electron chi connectivity index (χ4n) is 3.11. The van der Waals surface area contributed by atoms with Gasteiger partial charge in [0.1, 0.15) is 0 Å². The van der Waals surface area contributed by atoms with E-state index in [4.69, 9.17) is 0 Å². The van der Waals surface area contributed by atoms with Crippen LogP contribution in [0, 0.1) is 0 Å². The van der Waals surface area contributed by atoms with Crippen molar-refractivity contribution in [1.29, 1.82) is 0 Å². The highest BCUT2D eigenvalue weighted by Crippen LogP contribution is 2.21. The first-order chi connectivity index (χ1) is 14.3. The van der Waals surface area contributed by atoms with E-state index in [1.807, 2.05) is 84.9 Å². The summed E-state index contributed by atoms with van der Waals surface area (Å²) < 4.78 is 1.67. The number of fused-ring (bicyclic) bond motifs is 1. The van der Waals surface area contributed by atoms with Crippen molar-refractivity contribution in [1.82, 2.24) is 24.7 Å². The van der Waals surface area contributed by atoms with Gasteiger partial charge in [-0.1, -0.05) is 60.7 Å². The van der Waals surface area contributed by atoms with E-state index >= 15 is 0 Å². The molecule has 0 saturated heterocycles. The number of para-hydroxylation sites is 3. The molecule has 0 aliphatic rings. The van der Waals surface area contributed by atoms with Crippen LogP contribution in [0.5, 0.6) is 0 Å². The van der Waals surface area contributed by atoms with E-state index in [0.717, 1.165) is 22.3 Å². The largest absolute Gasteiger partial charge is 0.324 e. The van der Waals surface area contributed by atoms with Crippen LogP contribution in [0.3, 0.4) is 0 Å². The van der Waals surface area contributed by atoms with Crippen molar-refractivity contribution in [2.75, 3.05) is 5.32 Å². The SMILES string of the molecule is O=C(Nc1nc2ccccc2[nH]1)c1nc(-c2ccccc2)n(-c2ccccc2)n1. The van der Waals surface area contributed by atoms with Gasteiger partial charge in [0.05, 0.1) is 16.7 Å². The molecule has 5 aromatic rings. The maximum atomic E-state index is 12.8. The third-order valence-corrected chi connectivity index (χ3v) is 4.46. The highest BCUT2D eigenvalue weighted by Gasteiger charge is 2.19. The van der Waals surface area contributed by atoms with E-state index in [2.05, 4.69) is 25.4 Å². The monoisotopic (exact) mass is 380 g/mol. The van der Waals surface area contributed by atoms with Crippen LogP contribution in [-0.2, 0) is 0 Å². The summed E-state index contributed by atoms with van der Waals surface area (Å²) in [5.74, 6) is 0.573. The fraction of sp³-hybridized carbons (Fsp3) is 0. The van der Waals surface area contributed by atoms with E-state index in [9.17, 15) is 4.79 Å². The van der Waals surface area contributed by atoms with Gasteiger partial charge in [-0.2, -0.15) is 0 Å². The van der Waals surface area contributed by atoms with E-state index in [1.165, 1.54) is 0 Å². The lowest BCUT2D eigenvalue weighted by atomic mass is 10.2. The molecule has 2 N–H and O–H groups in total. The predicted octanol–water partition coefficient (Wildman–Crippen LogP) is 4.06. The van der Waals surface area contributed by atoms with Crippen molar-refractivity contribution < 1.29 is 4.79 Å². The molecular weight excluding hydrogens is 364 g/mol. The van der Waals surface area contributed by atoms with Gasteiger partial charge in [0.25, 0.3) is 5.91 Å². The number of hydrogen-bond acceptors (Lipinski definition) is 4. The number of nitrogens with one attached hydrogen (secondary N) is 2. The van der Waals surface area contributed by atoms with E-state index in [-0.39, 0.29) is 5.82 Å². The molecule has 0 spiro atoms. The highest BCUT2D eigenvalue weighted by atomic mass is 16.2. The number of anilines is 1. The molecule has 0 atom stereocenters. The molecule has 2 aromatic heterocycles. The Morgan fingerprint density at radius 1 is 0.828 bits per heavy atom. The molecule has 0 bridgehead atoms. The molecule has 0 aliphatic carbocycles. The maximum absolute atomic E-state index is 12.8. The number of rotatable bonds is 4. The van der Waals surface area contributed by atoms with E-state index in [1.54, 1.807) is 4.68 Å². The molecular formula is C22H16N6O. The summed E-state index contributed by atoms with van der Waals surface area (Å²) in [5, 5.41) is 7.21. The Bertz CT molecular complexity index is 1200. The first-order valence-corrected chi connectivity index (χ1v) is 9.12. The molecule has 0 saturated carbocycles. The number of aromatic nitrogens is 5. The third-order valence-electron chi connectivity index (χ3n) is 4.46. The minimum atomic E-state index is -0.434. The summed E-state index contributed by atoms with van der Waals surface area (Å²) in [7, 11) is 0. The van der Waals surface area contributed by atoms with Crippen LogP contribution in [-0.4, -0.2) is 30.6 Å². The lowest BCUT2D eigenvalue weighted by Crippen LogP contribution is -2.15. The third kappa shape index (κ3) is 3.25. The lowest BCUT2D eigenvalue weighted by Gasteiger charge is -2.05. The second kappa shape index (κ2) is 7.05. The molecule has 0 unspecified atom stereocenters. The van der Waals surface area contributed by atoms with Crippen molar-refractivity contribution in [2.24, 2.45) is 0 Å². The molecule has 0 fully saturated rings. The molecule has 0 aliphatic heterocycles. The van der Waals surface area contributed by atoms with Gasteiger partial charge in [-0.15, -0.1) is 5.10 Å². The standard InChI is InChI=1S/C22H16N6O/c29-21(26-22-23-17-13-7-8-14-18(17)24-22)19-25-20(15-9-3-1-4-10-15)28(27-19)16-11-5-2-6-12-16/h1-14H,(H2,23,24,26,29). The molecule has 5 rings (SSSR count). The summed E-state index contributed by atoms with van der Waals surface area (Å²) in [6, 6.07) is 26.8. The number of carbonyl (C=O) groups excluding carboxylic acids is 1. The molecule has 0 radical (unpaired) electrons. The van der Waals surface area contributed by atoms with Gasteiger partial charge in [0, 0.05) is 5.56 Å². The summed E-state index contributed by atoms with van der Waals surface area (Å²) in [6.45, 7) is 0. The number of carbonyl (C=O) groups is 1. The predicted molar refractivity (Wildman–Crippen MR) is 111 cm³/mol. The van der Waals surface area contributed by atoms with Crippen LogP contribution in [0.2, 0.25) is 0 Å². The van der Waals surface area contributed by atoms with Gasteiger partial charge in [-0.05, 0) is 24.3 Å². The Morgan fingerprint density at radius 2 is 1.52 bits per heavy atom. The minimum absolute atomic E-state index is 0.0631. The van der Waals surface area contributed by atoms with Gasteiger partial charge in [0.2, 0.25) is 11.8 Å². The average Bonchev–Trinajstić information content (AvgIpc) is 3.39. The second-order valence-corrected chi connectivity index (χ2v) is 6.43. The first kappa shape index (κ1) is 16.9. The van der Waals surface area contributed by atoms with Gasteiger partial charge in [0.15, 0.2) is 5.82 Å². The second-order valence-electron chi connectivity index (χ2n) is 6.43. The van der Waals surface area contributed by atoms with Gasteiger partial charge in [-0.25, -0.2) is 14.6 Å². The average molecular weight is 380 g/mol. The number of nitrogens with zero attached hydrogens (tertiary/aromatic N) is 4. The van der Waals surface area contributed by atoms with Crippen LogP contribution in [0.1, 0.15) is 10.6 Å². The normalized spacial score (nSPS) is 10.9. The quantitative estimate of drug-likeness (QED) is 0.492. The van der Waals surface area contributed by atoms with Gasteiger partial charge in [-0.3, -0.25) is 10.1 Å². The van der Waals surface area contributed by atoms with Crippen molar-refractivity contribution in [3.8, 4) is 17.1 Å². The van der Waals surface area contributed by atoms with Crippen LogP contribution >= 0.6 is 0 Å². The van der Waals surface area contributed by atoms with Crippen molar-refractivity contribution in [3.63, 3.8) is 0 Å².